The third-order valence-corrected chi connectivity index (χ3v) is 4.30. The van der Waals surface area contributed by atoms with Crippen LogP contribution in [-0.4, -0.2) is 0 Å². The maximum atomic E-state index is 3.42. The number of fused-ring (bicyclic) bond motifs is 1. The molecule has 0 unspecified atom stereocenters. The van der Waals surface area contributed by atoms with Gasteiger partial charge in [-0.25, -0.2) is 0 Å². The number of hydrogen-bond donors (Lipinski definition) is 1. The SMILES string of the molecule is C1=Cc2cc(-c3ccc(Nc4ccccc4)cc3)ccc2CC1.CC.CC. The number of nitrogens with one attached hydrogen (secondary N) is 1. The first kappa shape index (κ1) is 20.5. The van der Waals surface area contributed by atoms with Crippen molar-refractivity contribution in [3.8, 4) is 11.1 Å². The van der Waals surface area contributed by atoms with E-state index >= 15 is 0 Å². The Morgan fingerprint density at radius 1 is 0.667 bits per heavy atom. The highest BCUT2D eigenvalue weighted by atomic mass is 14.9. The van der Waals surface area contributed by atoms with Crippen molar-refractivity contribution in [2.45, 2.75) is 40.5 Å². The lowest BCUT2D eigenvalue weighted by Crippen LogP contribution is -1.94. The van der Waals surface area contributed by atoms with Crippen LogP contribution in [0.15, 0.2) is 78.9 Å². The van der Waals surface area contributed by atoms with Crippen LogP contribution in [-0.2, 0) is 6.42 Å². The van der Waals surface area contributed by atoms with Crippen molar-refractivity contribution in [3.05, 3.63) is 90.0 Å². The van der Waals surface area contributed by atoms with Crippen LogP contribution >= 0.6 is 0 Å². The van der Waals surface area contributed by atoms with E-state index in [1.54, 1.807) is 0 Å². The molecule has 0 aliphatic heterocycles. The van der Waals surface area contributed by atoms with Crippen LogP contribution in [0.2, 0.25) is 0 Å². The van der Waals surface area contributed by atoms with Gasteiger partial charge in [-0.1, -0.05) is 82.3 Å². The molecule has 1 nitrogen and oxygen atoms in total. The summed E-state index contributed by atoms with van der Waals surface area (Å²) in [5.74, 6) is 0. The van der Waals surface area contributed by atoms with Crippen molar-refractivity contribution in [2.75, 3.05) is 5.32 Å². The Kier molecular flexibility index (Phi) is 8.38. The van der Waals surface area contributed by atoms with E-state index in [1.165, 1.54) is 22.3 Å². The van der Waals surface area contributed by atoms with Crippen LogP contribution in [0.5, 0.6) is 0 Å². The Morgan fingerprint density at radius 3 is 2.00 bits per heavy atom. The minimum atomic E-state index is 1.11. The quantitative estimate of drug-likeness (QED) is 0.499. The van der Waals surface area contributed by atoms with Gasteiger partial charge >= 0.3 is 0 Å². The van der Waals surface area contributed by atoms with E-state index in [1.807, 2.05) is 45.9 Å². The Labute approximate surface area is 164 Å². The van der Waals surface area contributed by atoms with E-state index in [9.17, 15) is 0 Å². The number of rotatable bonds is 3. The first-order valence-electron chi connectivity index (χ1n) is 10.1. The van der Waals surface area contributed by atoms with Gasteiger partial charge in [0.15, 0.2) is 0 Å². The van der Waals surface area contributed by atoms with E-state index in [2.05, 4.69) is 72.1 Å². The average molecular weight is 358 g/mol. The normalized spacial score (nSPS) is 11.3. The topological polar surface area (TPSA) is 12.0 Å². The molecule has 0 fully saturated rings. The molecule has 0 atom stereocenters. The Hall–Kier alpha value is -2.80. The summed E-state index contributed by atoms with van der Waals surface area (Å²) in [5.41, 5.74) is 7.57. The summed E-state index contributed by atoms with van der Waals surface area (Å²) < 4.78 is 0. The largest absolute Gasteiger partial charge is 0.356 e. The van der Waals surface area contributed by atoms with E-state index in [4.69, 9.17) is 0 Å². The Morgan fingerprint density at radius 2 is 1.30 bits per heavy atom. The molecule has 1 N–H and O–H groups in total. The second-order valence-electron chi connectivity index (χ2n) is 5.92. The van der Waals surface area contributed by atoms with Crippen molar-refractivity contribution < 1.29 is 0 Å². The van der Waals surface area contributed by atoms with E-state index in [0.29, 0.717) is 0 Å². The molecule has 0 amide bonds. The molecule has 3 aromatic carbocycles. The van der Waals surface area contributed by atoms with Crippen molar-refractivity contribution in [2.24, 2.45) is 0 Å². The predicted molar refractivity (Wildman–Crippen MR) is 122 cm³/mol. The van der Waals surface area contributed by atoms with Gasteiger partial charge in [0, 0.05) is 11.4 Å². The molecular weight excluding hydrogens is 326 g/mol. The minimum absolute atomic E-state index is 1.11. The van der Waals surface area contributed by atoms with Gasteiger partial charge in [-0.3, -0.25) is 0 Å². The van der Waals surface area contributed by atoms with Crippen LogP contribution in [0.4, 0.5) is 11.4 Å². The Balaban J connectivity index is 0.000000614. The molecule has 1 aliphatic rings. The minimum Gasteiger partial charge on any atom is -0.356 e. The number of hydrogen-bond acceptors (Lipinski definition) is 1. The molecule has 3 aromatic rings. The van der Waals surface area contributed by atoms with Gasteiger partial charge in [-0.05, 0) is 65.4 Å². The van der Waals surface area contributed by atoms with Gasteiger partial charge < -0.3 is 5.32 Å². The summed E-state index contributed by atoms with van der Waals surface area (Å²) in [5, 5.41) is 3.42. The third-order valence-electron chi connectivity index (χ3n) is 4.30. The smallest absolute Gasteiger partial charge is 0.0384 e. The van der Waals surface area contributed by atoms with Gasteiger partial charge in [0.1, 0.15) is 0 Å². The summed E-state index contributed by atoms with van der Waals surface area (Å²) in [6.07, 6.45) is 6.82. The molecule has 1 heteroatoms. The molecule has 0 radical (unpaired) electrons. The van der Waals surface area contributed by atoms with Crippen molar-refractivity contribution in [1.82, 2.24) is 0 Å². The highest BCUT2D eigenvalue weighted by Gasteiger charge is 2.06. The molecule has 4 rings (SSSR count). The summed E-state index contributed by atoms with van der Waals surface area (Å²) in [7, 11) is 0. The van der Waals surface area contributed by atoms with Crippen LogP contribution in [0.25, 0.3) is 17.2 Å². The maximum absolute atomic E-state index is 3.42. The molecule has 0 saturated carbocycles. The first-order valence-corrected chi connectivity index (χ1v) is 10.1. The average Bonchev–Trinajstić information content (AvgIpc) is 2.77. The van der Waals surface area contributed by atoms with Crippen molar-refractivity contribution >= 4 is 17.5 Å². The second kappa shape index (κ2) is 11.0. The van der Waals surface area contributed by atoms with E-state index in [-0.39, 0.29) is 0 Å². The second-order valence-corrected chi connectivity index (χ2v) is 5.92. The molecule has 0 aromatic heterocycles. The molecule has 0 bridgehead atoms. The first-order chi connectivity index (χ1) is 13.4. The predicted octanol–water partition coefficient (Wildman–Crippen LogP) is 8.11. The summed E-state index contributed by atoms with van der Waals surface area (Å²) in [4.78, 5) is 0. The zero-order valence-electron chi connectivity index (χ0n) is 17.0. The lowest BCUT2D eigenvalue weighted by Gasteiger charge is -2.13. The monoisotopic (exact) mass is 357 g/mol. The fraction of sp³-hybridized carbons (Fsp3) is 0.231. The molecule has 0 saturated heterocycles. The molecule has 140 valence electrons. The molecular formula is C26H31N. The zero-order chi connectivity index (χ0) is 19.5. The number of aryl methyl sites for hydroxylation is 1. The lowest BCUT2D eigenvalue weighted by molar-refractivity contribution is 0.986. The molecule has 27 heavy (non-hydrogen) atoms. The van der Waals surface area contributed by atoms with Crippen LogP contribution in [0.3, 0.4) is 0 Å². The summed E-state index contributed by atoms with van der Waals surface area (Å²) in [6.45, 7) is 8.00. The molecule has 0 spiro atoms. The standard InChI is InChI=1S/C22H19N.2C2H6/c1-2-8-21(9-3-1)23-22-14-12-18(13-15-22)20-11-10-17-6-4-5-7-19(17)16-20;2*1-2/h1-3,5,7-16,23H,4,6H2;2*1-2H3. The highest BCUT2D eigenvalue weighted by Crippen LogP contribution is 2.28. The van der Waals surface area contributed by atoms with Crippen LogP contribution < -0.4 is 5.32 Å². The highest BCUT2D eigenvalue weighted by molar-refractivity contribution is 5.72. The molecule has 0 heterocycles. The van der Waals surface area contributed by atoms with Gasteiger partial charge in [0.2, 0.25) is 0 Å². The maximum Gasteiger partial charge on any atom is 0.0384 e. The number of allylic oxidation sites excluding steroid dienone is 1. The van der Waals surface area contributed by atoms with Crippen LogP contribution in [0.1, 0.15) is 45.2 Å². The van der Waals surface area contributed by atoms with Crippen molar-refractivity contribution in [1.29, 1.82) is 0 Å². The third kappa shape index (κ3) is 5.59. The van der Waals surface area contributed by atoms with Gasteiger partial charge in [0.05, 0.1) is 0 Å². The van der Waals surface area contributed by atoms with Gasteiger partial charge in [-0.15, -0.1) is 0 Å². The summed E-state index contributed by atoms with van der Waals surface area (Å²) in [6, 6.07) is 25.7. The lowest BCUT2D eigenvalue weighted by atomic mass is 9.93. The van der Waals surface area contributed by atoms with E-state index in [0.717, 1.165) is 24.2 Å². The number of anilines is 2. The Bertz CT molecular complexity index is 830. The fourth-order valence-corrected chi connectivity index (χ4v) is 3.04. The zero-order valence-corrected chi connectivity index (χ0v) is 17.0. The number of para-hydroxylation sites is 1. The van der Waals surface area contributed by atoms with Gasteiger partial charge in [-0.2, -0.15) is 0 Å². The molecule has 1 aliphatic carbocycles. The number of benzene rings is 3. The fourth-order valence-electron chi connectivity index (χ4n) is 3.04. The van der Waals surface area contributed by atoms with Gasteiger partial charge in [0.25, 0.3) is 0 Å². The van der Waals surface area contributed by atoms with Crippen LogP contribution in [0, 0.1) is 0 Å². The van der Waals surface area contributed by atoms with Crippen molar-refractivity contribution in [3.63, 3.8) is 0 Å². The summed E-state index contributed by atoms with van der Waals surface area (Å²) >= 11 is 0. The van der Waals surface area contributed by atoms with E-state index < -0.39 is 0 Å².